The molecule has 2 heterocycles. The van der Waals surface area contributed by atoms with Crippen LogP contribution in [-0.2, 0) is 19.0 Å². The van der Waals surface area contributed by atoms with Crippen molar-refractivity contribution in [2.75, 3.05) is 6.79 Å². The van der Waals surface area contributed by atoms with Crippen molar-refractivity contribution in [1.29, 1.82) is 0 Å². The highest BCUT2D eigenvalue weighted by Gasteiger charge is 2.64. The minimum absolute atomic E-state index is 0.0600. The van der Waals surface area contributed by atoms with Crippen LogP contribution < -0.4 is 0 Å². The van der Waals surface area contributed by atoms with Crippen LogP contribution in [0, 0.1) is 29.6 Å². The molecule has 4 nitrogen and oxygen atoms in total. The largest absolute Gasteiger partial charge is 0.438 e. The molecule has 2 saturated heterocycles. The number of carbonyl (C=O) groups excluding carboxylic acids is 1. The predicted molar refractivity (Wildman–Crippen MR) is 71.7 cm³/mol. The summed E-state index contributed by atoms with van der Waals surface area (Å²) in [4.78, 5) is 12.2. The summed E-state index contributed by atoms with van der Waals surface area (Å²) in [5, 5.41) is 0. The minimum Gasteiger partial charge on any atom is -0.438 e. The zero-order valence-electron chi connectivity index (χ0n) is 12.0. The zero-order chi connectivity index (χ0) is 13.9. The van der Waals surface area contributed by atoms with Crippen molar-refractivity contribution in [3.8, 4) is 0 Å². The van der Waals surface area contributed by atoms with Crippen LogP contribution in [0.2, 0.25) is 0 Å². The SMILES string of the molecule is CC(C)OCOC(=O)C1CC2OC1C1C3C=CC(C3)C21. The molecule has 0 amide bonds. The molecule has 0 aromatic heterocycles. The van der Waals surface area contributed by atoms with Gasteiger partial charge in [-0.15, -0.1) is 0 Å². The summed E-state index contributed by atoms with van der Waals surface area (Å²) in [6.07, 6.45) is 7.23. The Labute approximate surface area is 119 Å². The van der Waals surface area contributed by atoms with Crippen LogP contribution in [0.3, 0.4) is 0 Å². The molecule has 4 bridgehead atoms. The fourth-order valence-corrected chi connectivity index (χ4v) is 4.79. The Morgan fingerprint density at radius 2 is 2.00 bits per heavy atom. The maximum atomic E-state index is 12.2. The maximum Gasteiger partial charge on any atom is 0.313 e. The Balaban J connectivity index is 1.40. The third kappa shape index (κ3) is 1.77. The van der Waals surface area contributed by atoms with Gasteiger partial charge in [0.25, 0.3) is 0 Å². The van der Waals surface area contributed by atoms with Crippen molar-refractivity contribution in [3.63, 3.8) is 0 Å². The molecule has 3 fully saturated rings. The molecule has 7 unspecified atom stereocenters. The second kappa shape index (κ2) is 4.57. The first-order valence-corrected chi connectivity index (χ1v) is 7.77. The first kappa shape index (κ1) is 12.8. The molecule has 2 aliphatic carbocycles. The van der Waals surface area contributed by atoms with Crippen molar-refractivity contribution < 1.29 is 19.0 Å². The Bertz CT molecular complexity index is 444. The van der Waals surface area contributed by atoms with Gasteiger partial charge in [0.2, 0.25) is 0 Å². The second-order valence-corrected chi connectivity index (χ2v) is 6.88. The van der Waals surface area contributed by atoms with Crippen molar-refractivity contribution in [1.82, 2.24) is 0 Å². The Morgan fingerprint density at radius 1 is 1.25 bits per heavy atom. The molecule has 1 saturated carbocycles. The van der Waals surface area contributed by atoms with Crippen LogP contribution in [0.4, 0.5) is 0 Å². The minimum atomic E-state index is -0.136. The number of ether oxygens (including phenoxy) is 3. The summed E-state index contributed by atoms with van der Waals surface area (Å²) < 4.78 is 16.7. The molecule has 2 aliphatic heterocycles. The average molecular weight is 278 g/mol. The van der Waals surface area contributed by atoms with E-state index in [1.54, 1.807) is 0 Å². The molecule has 4 aliphatic rings. The lowest BCUT2D eigenvalue weighted by Gasteiger charge is -2.32. The van der Waals surface area contributed by atoms with Gasteiger partial charge >= 0.3 is 5.97 Å². The van der Waals surface area contributed by atoms with Gasteiger partial charge in [0.1, 0.15) is 0 Å². The molecule has 0 aromatic rings. The standard InChI is InChI=1S/C16H22O4/c1-8(2)18-7-19-16(17)11-6-12-13-9-3-4-10(5-9)14(13)15(11)20-12/h3-4,8-15H,5-7H2,1-2H3. The lowest BCUT2D eigenvalue weighted by Crippen LogP contribution is -2.39. The third-order valence-electron chi connectivity index (χ3n) is 5.51. The molecule has 20 heavy (non-hydrogen) atoms. The Kier molecular flexibility index (Phi) is 2.93. The number of carbonyl (C=O) groups is 1. The Hall–Kier alpha value is -0.870. The van der Waals surface area contributed by atoms with Crippen molar-refractivity contribution in [3.05, 3.63) is 12.2 Å². The van der Waals surface area contributed by atoms with Gasteiger partial charge in [0.05, 0.1) is 24.2 Å². The molecule has 0 N–H and O–H groups in total. The second-order valence-electron chi connectivity index (χ2n) is 6.88. The maximum absolute atomic E-state index is 12.2. The van der Waals surface area contributed by atoms with E-state index in [0.717, 1.165) is 6.42 Å². The highest BCUT2D eigenvalue weighted by Crippen LogP contribution is 2.61. The number of fused-ring (bicyclic) bond motifs is 9. The van der Waals surface area contributed by atoms with Crippen LogP contribution in [0.5, 0.6) is 0 Å². The summed E-state index contributed by atoms with van der Waals surface area (Å²) in [5.41, 5.74) is 0. The monoisotopic (exact) mass is 278 g/mol. The van der Waals surface area contributed by atoms with E-state index in [9.17, 15) is 4.79 Å². The summed E-state index contributed by atoms with van der Waals surface area (Å²) in [5.74, 6) is 2.31. The molecule has 7 atom stereocenters. The molecule has 0 aromatic carbocycles. The van der Waals surface area contributed by atoms with Crippen molar-refractivity contribution in [2.45, 2.75) is 45.0 Å². The van der Waals surface area contributed by atoms with Crippen LogP contribution in [0.15, 0.2) is 12.2 Å². The number of hydrogen-bond acceptors (Lipinski definition) is 4. The van der Waals surface area contributed by atoms with E-state index >= 15 is 0 Å². The van der Waals surface area contributed by atoms with Gasteiger partial charge in [-0.25, -0.2) is 0 Å². The topological polar surface area (TPSA) is 44.8 Å². The van der Waals surface area contributed by atoms with Gasteiger partial charge in [0.15, 0.2) is 6.79 Å². The normalized spacial score (nSPS) is 47.2. The number of rotatable bonds is 4. The fraction of sp³-hybridized carbons (Fsp3) is 0.812. The summed E-state index contributed by atoms with van der Waals surface area (Å²) >= 11 is 0. The van der Waals surface area contributed by atoms with Gasteiger partial charge in [-0.3, -0.25) is 4.79 Å². The number of hydrogen-bond donors (Lipinski definition) is 0. The molecule has 0 spiro atoms. The molecule has 110 valence electrons. The lowest BCUT2D eigenvalue weighted by atomic mass is 9.69. The molecular weight excluding hydrogens is 256 g/mol. The van der Waals surface area contributed by atoms with Gasteiger partial charge in [-0.05, 0) is 50.4 Å². The van der Waals surface area contributed by atoms with E-state index < -0.39 is 0 Å². The molecule has 4 rings (SSSR count). The van der Waals surface area contributed by atoms with E-state index in [1.807, 2.05) is 13.8 Å². The third-order valence-corrected chi connectivity index (χ3v) is 5.51. The highest BCUT2D eigenvalue weighted by atomic mass is 16.7. The van der Waals surface area contributed by atoms with Crippen LogP contribution in [-0.4, -0.2) is 31.1 Å². The van der Waals surface area contributed by atoms with Gasteiger partial charge in [0, 0.05) is 0 Å². The molecular formula is C16H22O4. The van der Waals surface area contributed by atoms with E-state index in [4.69, 9.17) is 14.2 Å². The first-order valence-electron chi connectivity index (χ1n) is 7.77. The summed E-state index contributed by atoms with van der Waals surface area (Å²) in [6, 6.07) is 0. The summed E-state index contributed by atoms with van der Waals surface area (Å²) in [6.45, 7) is 3.92. The van der Waals surface area contributed by atoms with Crippen LogP contribution >= 0.6 is 0 Å². The first-order chi connectivity index (χ1) is 9.65. The van der Waals surface area contributed by atoms with E-state index in [-0.39, 0.29) is 37.0 Å². The molecule has 4 heteroatoms. The quantitative estimate of drug-likeness (QED) is 0.449. The van der Waals surface area contributed by atoms with Crippen molar-refractivity contribution in [2.24, 2.45) is 29.6 Å². The van der Waals surface area contributed by atoms with Gasteiger partial charge < -0.3 is 14.2 Å². The van der Waals surface area contributed by atoms with Crippen molar-refractivity contribution >= 4 is 5.97 Å². The van der Waals surface area contributed by atoms with Crippen LogP contribution in [0.1, 0.15) is 26.7 Å². The van der Waals surface area contributed by atoms with Gasteiger partial charge in [-0.1, -0.05) is 12.2 Å². The fourth-order valence-electron chi connectivity index (χ4n) is 4.79. The average Bonchev–Trinajstić information content (AvgIpc) is 3.15. The molecule has 0 radical (unpaired) electrons. The van der Waals surface area contributed by atoms with Crippen LogP contribution in [0.25, 0.3) is 0 Å². The number of allylic oxidation sites excluding steroid dienone is 2. The van der Waals surface area contributed by atoms with Gasteiger partial charge in [-0.2, -0.15) is 0 Å². The Morgan fingerprint density at radius 3 is 2.75 bits per heavy atom. The van der Waals surface area contributed by atoms with E-state index in [1.165, 1.54) is 6.42 Å². The van der Waals surface area contributed by atoms with E-state index in [0.29, 0.717) is 23.7 Å². The van der Waals surface area contributed by atoms with E-state index in [2.05, 4.69) is 12.2 Å². The highest BCUT2D eigenvalue weighted by molar-refractivity contribution is 5.74. The zero-order valence-corrected chi connectivity index (χ0v) is 12.0. The smallest absolute Gasteiger partial charge is 0.313 e. The summed E-state index contributed by atoms with van der Waals surface area (Å²) in [7, 11) is 0. The number of esters is 1. The predicted octanol–water partition coefficient (Wildman–Crippen LogP) is 2.14. The lowest BCUT2D eigenvalue weighted by molar-refractivity contribution is -0.166.